The lowest BCUT2D eigenvalue weighted by atomic mass is 10.0. The maximum Gasteiger partial charge on any atom is 0.251 e. The second-order valence-electron chi connectivity index (χ2n) is 4.35. The summed E-state index contributed by atoms with van der Waals surface area (Å²) in [7, 11) is 0. The van der Waals surface area contributed by atoms with E-state index in [1.165, 1.54) is 32.4 Å². The third kappa shape index (κ3) is 3.88. The number of thioether (sulfide) groups is 1. The first kappa shape index (κ1) is 11.9. The number of nitrogens with one attached hydrogen (secondary N) is 1. The first-order valence-electron chi connectivity index (χ1n) is 5.08. The third-order valence-electron chi connectivity index (χ3n) is 2.36. The minimum absolute atomic E-state index is 0.270. The van der Waals surface area contributed by atoms with Crippen LogP contribution in [0.3, 0.4) is 0 Å². The lowest BCUT2D eigenvalue weighted by Crippen LogP contribution is -2.44. The van der Waals surface area contributed by atoms with Crippen molar-refractivity contribution in [2.24, 2.45) is 5.92 Å². The Labute approximate surface area is 89.6 Å². The van der Waals surface area contributed by atoms with Crippen molar-refractivity contribution in [1.29, 1.82) is 0 Å². The number of hydrogen-bond acceptors (Lipinski definition) is 3. The molecule has 82 valence electrons. The van der Waals surface area contributed by atoms with Crippen LogP contribution in [-0.4, -0.2) is 34.7 Å². The first-order valence-corrected chi connectivity index (χ1v) is 6.24. The lowest BCUT2D eigenvalue weighted by Gasteiger charge is -2.23. The normalized spacial score (nSPS) is 23.2. The monoisotopic (exact) mass is 217 g/mol. The molecule has 1 amide bonds. The molecule has 0 bridgehead atoms. The van der Waals surface area contributed by atoms with Gasteiger partial charge in [0.15, 0.2) is 0 Å². The van der Waals surface area contributed by atoms with Crippen molar-refractivity contribution in [3.8, 4) is 0 Å². The van der Waals surface area contributed by atoms with Crippen molar-refractivity contribution < 1.29 is 9.90 Å². The van der Waals surface area contributed by atoms with Crippen LogP contribution < -0.4 is 5.32 Å². The number of amides is 1. The standard InChI is InChI=1S/C10H19NO2S/c1-10(2,13)9(12)11-6-8-4-3-5-14-7-8/h8,13H,3-7H2,1-2H3,(H,11,12). The molecule has 14 heavy (non-hydrogen) atoms. The maximum atomic E-state index is 11.3. The molecule has 0 aromatic rings. The van der Waals surface area contributed by atoms with E-state index in [9.17, 15) is 9.90 Å². The van der Waals surface area contributed by atoms with Crippen LogP contribution in [0.15, 0.2) is 0 Å². The van der Waals surface area contributed by atoms with Crippen molar-refractivity contribution in [1.82, 2.24) is 5.32 Å². The van der Waals surface area contributed by atoms with Crippen LogP contribution in [0.5, 0.6) is 0 Å². The van der Waals surface area contributed by atoms with E-state index in [1.54, 1.807) is 0 Å². The zero-order valence-electron chi connectivity index (χ0n) is 8.88. The highest BCUT2D eigenvalue weighted by Gasteiger charge is 2.24. The van der Waals surface area contributed by atoms with Crippen LogP contribution in [0, 0.1) is 5.92 Å². The van der Waals surface area contributed by atoms with Gasteiger partial charge in [-0.3, -0.25) is 4.79 Å². The van der Waals surface area contributed by atoms with Gasteiger partial charge in [0, 0.05) is 6.54 Å². The number of hydrogen-bond donors (Lipinski definition) is 2. The molecular weight excluding hydrogens is 198 g/mol. The molecule has 1 atom stereocenters. The van der Waals surface area contributed by atoms with Crippen molar-refractivity contribution in [3.63, 3.8) is 0 Å². The van der Waals surface area contributed by atoms with Gasteiger partial charge in [-0.15, -0.1) is 0 Å². The number of rotatable bonds is 3. The number of carbonyl (C=O) groups is 1. The van der Waals surface area contributed by atoms with Gasteiger partial charge in [-0.05, 0) is 44.1 Å². The van der Waals surface area contributed by atoms with Gasteiger partial charge in [0.05, 0.1) is 0 Å². The summed E-state index contributed by atoms with van der Waals surface area (Å²) in [5.74, 6) is 2.69. The molecule has 3 nitrogen and oxygen atoms in total. The molecule has 0 spiro atoms. The highest BCUT2D eigenvalue weighted by Crippen LogP contribution is 2.21. The van der Waals surface area contributed by atoms with E-state index in [2.05, 4.69) is 5.32 Å². The molecule has 1 aliphatic heterocycles. The van der Waals surface area contributed by atoms with E-state index in [1.807, 2.05) is 11.8 Å². The molecule has 1 fully saturated rings. The topological polar surface area (TPSA) is 49.3 Å². The summed E-state index contributed by atoms with van der Waals surface area (Å²) in [5.41, 5.74) is -1.25. The zero-order chi connectivity index (χ0) is 10.6. The van der Waals surface area contributed by atoms with Gasteiger partial charge in [0.2, 0.25) is 0 Å². The molecule has 0 radical (unpaired) electrons. The fraction of sp³-hybridized carbons (Fsp3) is 0.900. The summed E-state index contributed by atoms with van der Waals surface area (Å²) < 4.78 is 0. The van der Waals surface area contributed by atoms with Crippen molar-refractivity contribution in [3.05, 3.63) is 0 Å². The molecule has 0 saturated carbocycles. The summed E-state index contributed by atoms with van der Waals surface area (Å²) in [5, 5.41) is 12.2. The lowest BCUT2D eigenvalue weighted by molar-refractivity contribution is -0.136. The first-order chi connectivity index (χ1) is 6.50. The maximum absolute atomic E-state index is 11.3. The van der Waals surface area contributed by atoms with Crippen LogP contribution >= 0.6 is 11.8 Å². The fourth-order valence-corrected chi connectivity index (χ4v) is 2.58. The summed E-state index contributed by atoms with van der Waals surface area (Å²) >= 11 is 1.95. The SMILES string of the molecule is CC(C)(O)C(=O)NCC1CCCSC1. The molecule has 1 saturated heterocycles. The average molecular weight is 217 g/mol. The molecular formula is C10H19NO2S. The Morgan fingerprint density at radius 2 is 2.36 bits per heavy atom. The summed E-state index contributed by atoms with van der Waals surface area (Å²) in [6, 6.07) is 0. The van der Waals surface area contributed by atoms with Gasteiger partial charge in [0.25, 0.3) is 5.91 Å². The highest BCUT2D eigenvalue weighted by atomic mass is 32.2. The Balaban J connectivity index is 2.22. The molecule has 1 rings (SSSR count). The van der Waals surface area contributed by atoms with Gasteiger partial charge >= 0.3 is 0 Å². The molecule has 4 heteroatoms. The Hall–Kier alpha value is -0.220. The molecule has 0 aromatic carbocycles. The van der Waals surface area contributed by atoms with Crippen molar-refractivity contribution in [2.75, 3.05) is 18.1 Å². The average Bonchev–Trinajstić information content (AvgIpc) is 2.14. The van der Waals surface area contributed by atoms with Crippen molar-refractivity contribution >= 4 is 17.7 Å². The second kappa shape index (κ2) is 5.03. The van der Waals surface area contributed by atoms with Crippen LogP contribution in [0.25, 0.3) is 0 Å². The molecule has 0 aliphatic carbocycles. The van der Waals surface area contributed by atoms with Gasteiger partial charge in [-0.2, -0.15) is 11.8 Å². The second-order valence-corrected chi connectivity index (χ2v) is 5.50. The largest absolute Gasteiger partial charge is 0.381 e. The van der Waals surface area contributed by atoms with Crippen LogP contribution in [0.2, 0.25) is 0 Å². The zero-order valence-corrected chi connectivity index (χ0v) is 9.69. The summed E-state index contributed by atoms with van der Waals surface area (Å²) in [6.45, 7) is 3.73. The third-order valence-corrected chi connectivity index (χ3v) is 3.65. The number of aliphatic hydroxyl groups is 1. The molecule has 2 N–H and O–H groups in total. The molecule has 1 unspecified atom stereocenters. The van der Waals surface area contributed by atoms with Gasteiger partial charge in [-0.25, -0.2) is 0 Å². The highest BCUT2D eigenvalue weighted by molar-refractivity contribution is 7.99. The van der Waals surface area contributed by atoms with Crippen LogP contribution in [0.1, 0.15) is 26.7 Å². The van der Waals surface area contributed by atoms with E-state index in [0.717, 1.165) is 5.75 Å². The van der Waals surface area contributed by atoms with Gasteiger partial charge in [-0.1, -0.05) is 0 Å². The Kier molecular flexibility index (Phi) is 4.26. The van der Waals surface area contributed by atoms with E-state index in [0.29, 0.717) is 12.5 Å². The minimum Gasteiger partial charge on any atom is -0.381 e. The van der Waals surface area contributed by atoms with E-state index >= 15 is 0 Å². The minimum atomic E-state index is -1.25. The predicted molar refractivity (Wildman–Crippen MR) is 59.4 cm³/mol. The summed E-state index contributed by atoms with van der Waals surface area (Å²) in [6.07, 6.45) is 2.44. The van der Waals surface area contributed by atoms with E-state index in [-0.39, 0.29) is 5.91 Å². The van der Waals surface area contributed by atoms with Gasteiger partial charge in [0.1, 0.15) is 5.60 Å². The molecule has 1 heterocycles. The molecule has 1 aliphatic rings. The molecule has 0 aromatic heterocycles. The fourth-order valence-electron chi connectivity index (χ4n) is 1.42. The Bertz CT molecular complexity index is 195. The van der Waals surface area contributed by atoms with E-state index < -0.39 is 5.60 Å². The van der Waals surface area contributed by atoms with E-state index in [4.69, 9.17) is 0 Å². The van der Waals surface area contributed by atoms with Crippen molar-refractivity contribution in [2.45, 2.75) is 32.3 Å². The van der Waals surface area contributed by atoms with Crippen LogP contribution in [0.4, 0.5) is 0 Å². The quantitative estimate of drug-likeness (QED) is 0.742. The Morgan fingerprint density at radius 3 is 2.86 bits per heavy atom. The van der Waals surface area contributed by atoms with Gasteiger partial charge < -0.3 is 10.4 Å². The summed E-state index contributed by atoms with van der Waals surface area (Å²) in [4.78, 5) is 11.3. The number of carbonyl (C=O) groups excluding carboxylic acids is 1. The predicted octanol–water partition coefficient (Wildman–Crippen LogP) is 1.02. The smallest absolute Gasteiger partial charge is 0.251 e. The Morgan fingerprint density at radius 1 is 1.64 bits per heavy atom. The van der Waals surface area contributed by atoms with Crippen LogP contribution in [-0.2, 0) is 4.79 Å².